The summed E-state index contributed by atoms with van der Waals surface area (Å²) >= 11 is 6.25. The molecule has 4 atom stereocenters. The number of aryl methyl sites for hydroxylation is 1. The quantitative estimate of drug-likeness (QED) is 0.803. The van der Waals surface area contributed by atoms with E-state index in [1.165, 1.54) is 0 Å². The van der Waals surface area contributed by atoms with Crippen LogP contribution in [0.1, 0.15) is 54.3 Å². The second kappa shape index (κ2) is 8.49. The summed E-state index contributed by atoms with van der Waals surface area (Å²) in [6.07, 6.45) is -0.959. The molecule has 2 aromatic rings. The minimum absolute atomic E-state index is 0.149. The highest BCUT2D eigenvalue weighted by Crippen LogP contribution is 2.37. The van der Waals surface area contributed by atoms with Gasteiger partial charge in [0, 0.05) is 23.4 Å². The molecule has 0 aliphatic carbocycles. The van der Waals surface area contributed by atoms with Gasteiger partial charge in [0.15, 0.2) is 6.17 Å². The van der Waals surface area contributed by atoms with Crippen LogP contribution in [-0.4, -0.2) is 29.0 Å². The third-order valence-electron chi connectivity index (χ3n) is 4.93. The van der Waals surface area contributed by atoms with E-state index in [4.69, 9.17) is 16.3 Å². The second-order valence-corrected chi connectivity index (χ2v) is 7.20. The molecule has 0 spiro atoms. The summed E-state index contributed by atoms with van der Waals surface area (Å²) in [5, 5.41) is 19.7. The topological polar surface area (TPSA) is 49.7 Å². The van der Waals surface area contributed by atoms with Crippen molar-refractivity contribution in [2.75, 3.05) is 6.61 Å². The van der Waals surface area contributed by atoms with Crippen LogP contribution >= 0.6 is 11.6 Å². The molecule has 5 heteroatoms. The molecule has 1 aliphatic rings. The Kier molecular flexibility index (Phi) is 6.30. The summed E-state index contributed by atoms with van der Waals surface area (Å²) in [4.78, 5) is 0. The van der Waals surface area contributed by atoms with E-state index in [0.29, 0.717) is 29.0 Å². The summed E-state index contributed by atoms with van der Waals surface area (Å²) in [7, 11) is 0. The predicted octanol–water partition coefficient (Wildman–Crippen LogP) is 4.53. The molecule has 1 heterocycles. The Morgan fingerprint density at radius 2 is 1.92 bits per heavy atom. The van der Waals surface area contributed by atoms with Crippen LogP contribution in [-0.2, 0) is 11.2 Å². The first kappa shape index (κ1) is 19.3. The lowest BCUT2D eigenvalue weighted by atomic mass is 9.93. The Balaban J connectivity index is 1.87. The van der Waals surface area contributed by atoms with Crippen molar-refractivity contribution < 1.29 is 19.3 Å². The Labute approximate surface area is 158 Å². The van der Waals surface area contributed by atoms with E-state index in [2.05, 4.69) is 6.92 Å². The maximum atomic E-state index is 15.1. The predicted molar refractivity (Wildman–Crippen MR) is 100 cm³/mol. The fraction of sp³-hybridized carbons (Fsp3) is 0.429. The van der Waals surface area contributed by atoms with Gasteiger partial charge in [0.1, 0.15) is 0 Å². The van der Waals surface area contributed by atoms with Crippen molar-refractivity contribution in [2.45, 2.75) is 50.7 Å². The average molecular weight is 379 g/mol. The van der Waals surface area contributed by atoms with Gasteiger partial charge in [-0.2, -0.15) is 0 Å². The van der Waals surface area contributed by atoms with Crippen LogP contribution in [0.5, 0.6) is 0 Å². The lowest BCUT2D eigenvalue weighted by Gasteiger charge is -2.33. The van der Waals surface area contributed by atoms with Crippen molar-refractivity contribution in [3.63, 3.8) is 0 Å². The van der Waals surface area contributed by atoms with Gasteiger partial charge in [0.25, 0.3) is 0 Å². The number of ether oxygens (including phenoxy) is 1. The Hall–Kier alpha value is -1.46. The van der Waals surface area contributed by atoms with Crippen molar-refractivity contribution in [3.8, 4) is 0 Å². The fourth-order valence-electron chi connectivity index (χ4n) is 3.38. The number of hydrogen-bond acceptors (Lipinski definition) is 3. The van der Waals surface area contributed by atoms with E-state index in [-0.39, 0.29) is 12.7 Å². The van der Waals surface area contributed by atoms with Gasteiger partial charge in [-0.1, -0.05) is 48.9 Å². The van der Waals surface area contributed by atoms with Gasteiger partial charge in [0.2, 0.25) is 0 Å². The van der Waals surface area contributed by atoms with Crippen LogP contribution < -0.4 is 0 Å². The zero-order chi connectivity index (χ0) is 18.7. The third kappa shape index (κ3) is 4.26. The Morgan fingerprint density at radius 3 is 2.58 bits per heavy atom. The van der Waals surface area contributed by atoms with Gasteiger partial charge in [0.05, 0.1) is 24.9 Å². The molecule has 26 heavy (non-hydrogen) atoms. The number of aliphatic hydroxyl groups excluding tert-OH is 2. The van der Waals surface area contributed by atoms with Crippen LogP contribution in [0.4, 0.5) is 4.39 Å². The minimum Gasteiger partial charge on any atom is -0.394 e. The molecule has 1 saturated heterocycles. The van der Waals surface area contributed by atoms with Crippen LogP contribution in [0.3, 0.4) is 0 Å². The average Bonchev–Trinajstić information content (AvgIpc) is 2.67. The molecular formula is C21H24ClFO3. The van der Waals surface area contributed by atoms with Crippen molar-refractivity contribution in [3.05, 3.63) is 69.7 Å². The number of hydrogen-bond donors (Lipinski definition) is 2. The van der Waals surface area contributed by atoms with Gasteiger partial charge in [-0.25, -0.2) is 4.39 Å². The largest absolute Gasteiger partial charge is 0.394 e. The van der Waals surface area contributed by atoms with Crippen molar-refractivity contribution >= 4 is 11.6 Å². The first-order valence-corrected chi connectivity index (χ1v) is 9.36. The summed E-state index contributed by atoms with van der Waals surface area (Å²) < 4.78 is 20.9. The number of benzene rings is 2. The number of aliphatic hydroxyl groups is 2. The summed E-state index contributed by atoms with van der Waals surface area (Å²) in [6, 6.07) is 12.6. The van der Waals surface area contributed by atoms with Gasteiger partial charge in [-0.15, -0.1) is 0 Å². The summed E-state index contributed by atoms with van der Waals surface area (Å²) in [5.74, 6) is 0. The Morgan fingerprint density at radius 1 is 1.19 bits per heavy atom. The molecule has 0 bridgehead atoms. The SMILES string of the molecule is CCc1ccc(C(F)c2cc(C3CC(O)CC(CO)O3)ccc2Cl)cc1. The monoisotopic (exact) mass is 378 g/mol. The van der Waals surface area contributed by atoms with E-state index >= 15 is 4.39 Å². The van der Waals surface area contributed by atoms with Crippen LogP contribution in [0.15, 0.2) is 42.5 Å². The molecule has 2 N–H and O–H groups in total. The minimum atomic E-state index is -1.34. The van der Waals surface area contributed by atoms with Gasteiger partial charge in [-0.3, -0.25) is 0 Å². The summed E-state index contributed by atoms with van der Waals surface area (Å²) in [6.45, 7) is 1.91. The third-order valence-corrected chi connectivity index (χ3v) is 5.27. The van der Waals surface area contributed by atoms with Crippen LogP contribution in [0.25, 0.3) is 0 Å². The van der Waals surface area contributed by atoms with Crippen molar-refractivity contribution in [2.24, 2.45) is 0 Å². The first-order chi connectivity index (χ1) is 12.5. The van der Waals surface area contributed by atoms with E-state index in [1.54, 1.807) is 30.3 Å². The normalized spacial score (nSPS) is 24.4. The fourth-order valence-corrected chi connectivity index (χ4v) is 3.59. The van der Waals surface area contributed by atoms with Crippen molar-refractivity contribution in [1.29, 1.82) is 0 Å². The molecule has 1 fully saturated rings. The molecule has 1 aliphatic heterocycles. The molecular weight excluding hydrogens is 355 g/mol. The van der Waals surface area contributed by atoms with Crippen molar-refractivity contribution in [1.82, 2.24) is 0 Å². The number of halogens is 2. The molecule has 0 aromatic heterocycles. The van der Waals surface area contributed by atoms with Gasteiger partial charge < -0.3 is 14.9 Å². The smallest absolute Gasteiger partial charge is 0.152 e. The zero-order valence-corrected chi connectivity index (χ0v) is 15.5. The molecule has 4 unspecified atom stereocenters. The van der Waals surface area contributed by atoms with E-state index in [1.807, 2.05) is 12.1 Å². The Bertz CT molecular complexity index is 735. The first-order valence-electron chi connectivity index (χ1n) is 8.98. The maximum absolute atomic E-state index is 15.1. The molecule has 0 radical (unpaired) electrons. The molecule has 0 saturated carbocycles. The second-order valence-electron chi connectivity index (χ2n) is 6.79. The van der Waals surface area contributed by atoms with Crippen LogP contribution in [0, 0.1) is 0 Å². The molecule has 0 amide bonds. The van der Waals surface area contributed by atoms with E-state index in [9.17, 15) is 10.2 Å². The lowest BCUT2D eigenvalue weighted by Crippen LogP contribution is -2.33. The van der Waals surface area contributed by atoms with E-state index in [0.717, 1.165) is 17.5 Å². The number of alkyl halides is 1. The van der Waals surface area contributed by atoms with Gasteiger partial charge in [-0.05, 0) is 35.2 Å². The standard InChI is InChI=1S/C21H24ClFO3/c1-2-13-3-5-14(6-4-13)21(23)18-9-15(7-8-19(18)22)20-11-16(25)10-17(12-24)26-20/h3-9,16-17,20-21,24-25H,2,10-12H2,1H3. The lowest BCUT2D eigenvalue weighted by molar-refractivity contribution is -0.113. The summed E-state index contributed by atoms with van der Waals surface area (Å²) in [5.41, 5.74) is 2.85. The molecule has 140 valence electrons. The highest BCUT2D eigenvalue weighted by atomic mass is 35.5. The molecule has 2 aromatic carbocycles. The zero-order valence-electron chi connectivity index (χ0n) is 14.7. The highest BCUT2D eigenvalue weighted by Gasteiger charge is 2.30. The number of rotatable bonds is 5. The highest BCUT2D eigenvalue weighted by molar-refractivity contribution is 6.31. The molecule has 3 rings (SSSR count). The maximum Gasteiger partial charge on any atom is 0.152 e. The van der Waals surface area contributed by atoms with Gasteiger partial charge >= 0.3 is 0 Å². The van der Waals surface area contributed by atoms with Crippen LogP contribution in [0.2, 0.25) is 5.02 Å². The molecule has 3 nitrogen and oxygen atoms in total. The van der Waals surface area contributed by atoms with E-state index < -0.39 is 18.4 Å².